The van der Waals surface area contributed by atoms with Gasteiger partial charge in [0.1, 0.15) is 0 Å². The summed E-state index contributed by atoms with van der Waals surface area (Å²) in [4.78, 5) is 4.23. The molecule has 0 atom stereocenters. The molecule has 1 aromatic carbocycles. The highest BCUT2D eigenvalue weighted by Gasteiger charge is 2.04. The lowest BCUT2D eigenvalue weighted by molar-refractivity contribution is 0.525. The number of fused-ring (bicyclic) bond motifs is 1. The molecule has 1 aliphatic rings. The number of benzene rings is 1. The van der Waals surface area contributed by atoms with Crippen molar-refractivity contribution in [3.8, 4) is 0 Å². The van der Waals surface area contributed by atoms with Crippen LogP contribution in [0.1, 0.15) is 5.56 Å². The van der Waals surface area contributed by atoms with Crippen LogP contribution in [-0.4, -0.2) is 0 Å². The Labute approximate surface area is 69.6 Å². The molecule has 3 nitrogen and oxygen atoms in total. The van der Waals surface area contributed by atoms with Gasteiger partial charge >= 0.3 is 0 Å². The third kappa shape index (κ3) is 1.54. The molecule has 4 heteroatoms. The fourth-order valence-electron chi connectivity index (χ4n) is 1.01. The summed E-state index contributed by atoms with van der Waals surface area (Å²) in [5.41, 5.74) is 7.19. The molecule has 0 fully saturated rings. The van der Waals surface area contributed by atoms with Crippen LogP contribution in [0.3, 0.4) is 0 Å². The van der Waals surface area contributed by atoms with Gasteiger partial charge in [0.15, 0.2) is 0 Å². The largest absolute Gasteiger partial charge is 0.239 e. The molecule has 0 aromatic heterocycles. The Bertz CT molecular complexity index is 226. The molecule has 0 amide bonds. The first kappa shape index (κ1) is 7.12. The molecule has 1 aromatic rings. The smallest absolute Gasteiger partial charge is 0.0376 e. The van der Waals surface area contributed by atoms with E-state index in [0.717, 1.165) is 6.54 Å². The van der Waals surface area contributed by atoms with E-state index in [1.54, 1.807) is 11.9 Å². The number of hydrogen-bond acceptors (Lipinski definition) is 4. The van der Waals surface area contributed by atoms with Gasteiger partial charge in [0.25, 0.3) is 0 Å². The van der Waals surface area contributed by atoms with Crippen LogP contribution >= 0.6 is 11.9 Å². The van der Waals surface area contributed by atoms with Gasteiger partial charge in [0.05, 0.1) is 0 Å². The van der Waals surface area contributed by atoms with E-state index in [-0.39, 0.29) is 0 Å². The average Bonchev–Trinajstić information content (AvgIpc) is 2.28. The van der Waals surface area contributed by atoms with Gasteiger partial charge in [-0.1, -0.05) is 18.2 Å². The van der Waals surface area contributed by atoms with Gasteiger partial charge in [-0.15, -0.1) is 0 Å². The standard InChI is InChI=1S/C7H9N3S/c1-2-4-7-6(3-1)5-8-9-10-11-7/h1-4,8-10H,5H2. The molecule has 11 heavy (non-hydrogen) atoms. The highest BCUT2D eigenvalue weighted by molar-refractivity contribution is 7.97. The van der Waals surface area contributed by atoms with Crippen LogP contribution in [0, 0.1) is 0 Å². The molecule has 0 spiro atoms. The summed E-state index contributed by atoms with van der Waals surface area (Å²) < 4.78 is 0. The lowest BCUT2D eigenvalue weighted by Gasteiger charge is -2.00. The number of rotatable bonds is 0. The lowest BCUT2D eigenvalue weighted by atomic mass is 10.2. The van der Waals surface area contributed by atoms with Crippen molar-refractivity contribution in [1.29, 1.82) is 0 Å². The van der Waals surface area contributed by atoms with E-state index in [4.69, 9.17) is 0 Å². The minimum absolute atomic E-state index is 0.857. The van der Waals surface area contributed by atoms with Crippen molar-refractivity contribution >= 4 is 11.9 Å². The molecule has 0 saturated heterocycles. The van der Waals surface area contributed by atoms with Crippen LogP contribution in [0.2, 0.25) is 0 Å². The van der Waals surface area contributed by atoms with Crippen LogP contribution in [0.5, 0.6) is 0 Å². The zero-order valence-electron chi connectivity index (χ0n) is 5.92. The summed E-state index contributed by atoms with van der Waals surface area (Å²) in [6, 6.07) is 8.30. The Morgan fingerprint density at radius 2 is 2.18 bits per heavy atom. The van der Waals surface area contributed by atoms with E-state index in [2.05, 4.69) is 27.9 Å². The first-order chi connectivity index (χ1) is 5.47. The maximum absolute atomic E-state index is 3.02. The first-order valence-corrected chi connectivity index (χ1v) is 4.26. The van der Waals surface area contributed by atoms with Crippen LogP contribution in [-0.2, 0) is 6.54 Å². The maximum atomic E-state index is 3.02. The lowest BCUT2D eigenvalue weighted by Crippen LogP contribution is -2.36. The summed E-state index contributed by atoms with van der Waals surface area (Å²) >= 11 is 1.59. The molecule has 0 bridgehead atoms. The fourth-order valence-corrected chi connectivity index (χ4v) is 1.66. The van der Waals surface area contributed by atoms with Crippen LogP contribution in [0.15, 0.2) is 29.2 Å². The molecule has 1 heterocycles. The van der Waals surface area contributed by atoms with Crippen LogP contribution in [0.4, 0.5) is 0 Å². The molecular formula is C7H9N3S. The van der Waals surface area contributed by atoms with E-state index < -0.39 is 0 Å². The Kier molecular flexibility index (Phi) is 2.09. The molecule has 3 N–H and O–H groups in total. The van der Waals surface area contributed by atoms with Gasteiger partial charge in [0, 0.05) is 11.4 Å². The SMILES string of the molecule is c1ccc2c(c1)CNNNS2. The van der Waals surface area contributed by atoms with Crippen molar-refractivity contribution in [3.05, 3.63) is 29.8 Å². The number of nitrogens with one attached hydrogen (secondary N) is 3. The van der Waals surface area contributed by atoms with Crippen molar-refractivity contribution in [2.75, 3.05) is 0 Å². The summed E-state index contributed by atoms with van der Waals surface area (Å²) in [6.45, 7) is 0.857. The third-order valence-corrected chi connectivity index (χ3v) is 2.37. The minimum Gasteiger partial charge on any atom is -0.239 e. The van der Waals surface area contributed by atoms with E-state index in [1.807, 2.05) is 12.1 Å². The highest BCUT2D eigenvalue weighted by atomic mass is 32.2. The number of hydrazine groups is 2. The summed E-state index contributed by atoms with van der Waals surface area (Å²) in [5, 5.41) is 0. The Morgan fingerprint density at radius 1 is 1.27 bits per heavy atom. The number of hydrogen-bond donors (Lipinski definition) is 3. The minimum atomic E-state index is 0.857. The predicted octanol–water partition coefficient (Wildman–Crippen LogP) is 0.806. The van der Waals surface area contributed by atoms with E-state index in [0.29, 0.717) is 0 Å². The first-order valence-electron chi connectivity index (χ1n) is 3.44. The third-order valence-electron chi connectivity index (χ3n) is 1.55. The van der Waals surface area contributed by atoms with Crippen molar-refractivity contribution in [2.45, 2.75) is 11.4 Å². The van der Waals surface area contributed by atoms with Crippen molar-refractivity contribution in [1.82, 2.24) is 15.8 Å². The van der Waals surface area contributed by atoms with E-state index in [1.165, 1.54) is 10.5 Å². The molecule has 0 radical (unpaired) electrons. The van der Waals surface area contributed by atoms with Gasteiger partial charge in [-0.25, -0.2) is 5.43 Å². The molecule has 2 rings (SSSR count). The maximum Gasteiger partial charge on any atom is 0.0376 e. The zero-order chi connectivity index (χ0) is 7.52. The normalized spacial score (nSPS) is 17.1. The quantitative estimate of drug-likeness (QED) is 0.500. The molecule has 0 unspecified atom stereocenters. The van der Waals surface area contributed by atoms with Gasteiger partial charge < -0.3 is 0 Å². The van der Waals surface area contributed by atoms with Crippen LogP contribution in [0.25, 0.3) is 0 Å². The summed E-state index contributed by atoms with van der Waals surface area (Å²) in [6.07, 6.45) is 0. The zero-order valence-corrected chi connectivity index (χ0v) is 6.74. The second kappa shape index (κ2) is 3.23. The average molecular weight is 167 g/mol. The fraction of sp³-hybridized carbons (Fsp3) is 0.143. The second-order valence-corrected chi connectivity index (χ2v) is 3.14. The highest BCUT2D eigenvalue weighted by Crippen LogP contribution is 2.19. The van der Waals surface area contributed by atoms with Crippen molar-refractivity contribution in [3.63, 3.8) is 0 Å². The molecular weight excluding hydrogens is 158 g/mol. The molecule has 58 valence electrons. The van der Waals surface area contributed by atoms with Crippen molar-refractivity contribution in [2.24, 2.45) is 0 Å². The topological polar surface area (TPSA) is 36.1 Å². The van der Waals surface area contributed by atoms with Gasteiger partial charge in [-0.3, -0.25) is 0 Å². The van der Waals surface area contributed by atoms with Gasteiger partial charge in [-0.2, -0.15) is 10.4 Å². The molecule has 0 saturated carbocycles. The monoisotopic (exact) mass is 167 g/mol. The second-order valence-electron chi connectivity index (χ2n) is 2.29. The Balaban J connectivity index is 2.33. The van der Waals surface area contributed by atoms with E-state index >= 15 is 0 Å². The van der Waals surface area contributed by atoms with Gasteiger partial charge in [-0.05, 0) is 23.6 Å². The summed E-state index contributed by atoms with van der Waals surface area (Å²) in [5.74, 6) is 0. The predicted molar refractivity (Wildman–Crippen MR) is 45.4 cm³/mol. The van der Waals surface area contributed by atoms with Gasteiger partial charge in [0.2, 0.25) is 0 Å². The molecule has 1 aliphatic heterocycles. The Hall–Kier alpha value is -0.550. The van der Waals surface area contributed by atoms with Crippen LogP contribution < -0.4 is 15.8 Å². The van der Waals surface area contributed by atoms with E-state index in [9.17, 15) is 0 Å². The van der Waals surface area contributed by atoms with Crippen molar-refractivity contribution < 1.29 is 0 Å². The summed E-state index contributed by atoms with van der Waals surface area (Å²) in [7, 11) is 0. The Morgan fingerprint density at radius 3 is 3.18 bits per heavy atom. The molecule has 0 aliphatic carbocycles.